The molecular formula is C18H20Cl2N2O4S. The summed E-state index contributed by atoms with van der Waals surface area (Å²) in [6.45, 7) is 3.81. The van der Waals surface area contributed by atoms with Crippen molar-refractivity contribution in [3.8, 4) is 5.75 Å². The Morgan fingerprint density at radius 3 is 2.56 bits per heavy atom. The molecule has 1 unspecified atom stereocenters. The van der Waals surface area contributed by atoms with Gasteiger partial charge in [-0.3, -0.25) is 9.10 Å². The lowest BCUT2D eigenvalue weighted by Gasteiger charge is -2.29. The van der Waals surface area contributed by atoms with Crippen molar-refractivity contribution >= 4 is 50.5 Å². The van der Waals surface area contributed by atoms with Crippen LogP contribution in [0.5, 0.6) is 5.75 Å². The summed E-state index contributed by atoms with van der Waals surface area (Å²) in [5.74, 6) is 0.0749. The average molecular weight is 431 g/mol. The van der Waals surface area contributed by atoms with Crippen molar-refractivity contribution in [1.29, 1.82) is 0 Å². The highest BCUT2D eigenvalue weighted by Gasteiger charge is 2.31. The van der Waals surface area contributed by atoms with Crippen molar-refractivity contribution in [3.63, 3.8) is 0 Å². The summed E-state index contributed by atoms with van der Waals surface area (Å²) in [6.07, 6.45) is 1.00. The van der Waals surface area contributed by atoms with Gasteiger partial charge in [-0.05, 0) is 44.2 Å². The molecule has 0 saturated carbocycles. The molecule has 2 aromatic carbocycles. The SMILES string of the molecule is CCOc1cccc(NC(=O)C(C)N(c2cc(Cl)ccc2Cl)S(C)(=O)=O)c1. The van der Waals surface area contributed by atoms with Crippen molar-refractivity contribution in [2.45, 2.75) is 19.9 Å². The molecule has 1 atom stereocenters. The van der Waals surface area contributed by atoms with Crippen molar-refractivity contribution in [2.75, 3.05) is 22.5 Å². The predicted molar refractivity (Wildman–Crippen MR) is 109 cm³/mol. The molecule has 0 fully saturated rings. The zero-order valence-electron chi connectivity index (χ0n) is 15.1. The van der Waals surface area contributed by atoms with Crippen LogP contribution in [0.25, 0.3) is 0 Å². The van der Waals surface area contributed by atoms with Gasteiger partial charge in [-0.1, -0.05) is 29.3 Å². The average Bonchev–Trinajstić information content (AvgIpc) is 2.57. The lowest BCUT2D eigenvalue weighted by Crippen LogP contribution is -2.45. The van der Waals surface area contributed by atoms with Crippen molar-refractivity contribution in [3.05, 3.63) is 52.5 Å². The van der Waals surface area contributed by atoms with E-state index in [1.165, 1.54) is 25.1 Å². The van der Waals surface area contributed by atoms with Gasteiger partial charge in [0.05, 0.1) is 23.6 Å². The first-order valence-electron chi connectivity index (χ1n) is 8.11. The molecule has 27 heavy (non-hydrogen) atoms. The van der Waals surface area contributed by atoms with Crippen molar-refractivity contribution < 1.29 is 17.9 Å². The minimum absolute atomic E-state index is 0.136. The number of hydrogen-bond donors (Lipinski definition) is 1. The number of anilines is 2. The summed E-state index contributed by atoms with van der Waals surface area (Å²) in [5, 5.41) is 3.17. The fourth-order valence-electron chi connectivity index (χ4n) is 2.51. The van der Waals surface area contributed by atoms with Gasteiger partial charge in [0.1, 0.15) is 11.8 Å². The van der Waals surface area contributed by atoms with Gasteiger partial charge in [0.2, 0.25) is 15.9 Å². The highest BCUT2D eigenvalue weighted by atomic mass is 35.5. The number of nitrogens with zero attached hydrogens (tertiary/aromatic N) is 1. The molecule has 1 amide bonds. The number of benzene rings is 2. The zero-order valence-corrected chi connectivity index (χ0v) is 17.4. The van der Waals surface area contributed by atoms with Gasteiger partial charge in [0, 0.05) is 16.8 Å². The maximum atomic E-state index is 12.7. The molecular weight excluding hydrogens is 411 g/mol. The molecule has 0 saturated heterocycles. The minimum atomic E-state index is -3.81. The van der Waals surface area contributed by atoms with Crippen LogP contribution in [0.15, 0.2) is 42.5 Å². The molecule has 0 radical (unpaired) electrons. The predicted octanol–water partition coefficient (Wildman–Crippen LogP) is 4.19. The molecule has 146 valence electrons. The summed E-state index contributed by atoms with van der Waals surface area (Å²) in [6, 6.07) is 10.2. The molecule has 0 aromatic heterocycles. The first kappa shape index (κ1) is 21.3. The third kappa shape index (κ3) is 5.51. The van der Waals surface area contributed by atoms with Crippen LogP contribution in [0, 0.1) is 0 Å². The van der Waals surface area contributed by atoms with E-state index in [0.717, 1.165) is 10.6 Å². The number of halogens is 2. The molecule has 2 rings (SSSR count). The molecule has 6 nitrogen and oxygen atoms in total. The van der Waals surface area contributed by atoms with Crippen LogP contribution in [-0.2, 0) is 14.8 Å². The number of nitrogens with one attached hydrogen (secondary N) is 1. The number of sulfonamides is 1. The highest BCUT2D eigenvalue weighted by Crippen LogP contribution is 2.32. The summed E-state index contributed by atoms with van der Waals surface area (Å²) in [4.78, 5) is 12.7. The van der Waals surface area contributed by atoms with Crippen LogP contribution in [-0.4, -0.2) is 33.2 Å². The highest BCUT2D eigenvalue weighted by molar-refractivity contribution is 7.92. The van der Waals surface area contributed by atoms with Crippen LogP contribution in [0.1, 0.15) is 13.8 Å². The normalized spacial score (nSPS) is 12.3. The molecule has 0 heterocycles. The summed E-state index contributed by atoms with van der Waals surface area (Å²) >= 11 is 12.1. The van der Waals surface area contributed by atoms with Gasteiger partial charge < -0.3 is 10.1 Å². The van der Waals surface area contributed by atoms with Crippen LogP contribution in [0.2, 0.25) is 10.0 Å². The largest absolute Gasteiger partial charge is 0.494 e. The number of rotatable bonds is 7. The Hall–Kier alpha value is -1.96. The molecule has 2 aromatic rings. The van der Waals surface area contributed by atoms with E-state index in [1.807, 2.05) is 6.92 Å². The Kier molecular flexibility index (Phi) is 6.97. The molecule has 0 spiro atoms. The Balaban J connectivity index is 2.33. The topological polar surface area (TPSA) is 75.7 Å². The van der Waals surface area contributed by atoms with Crippen molar-refractivity contribution in [2.24, 2.45) is 0 Å². The number of hydrogen-bond acceptors (Lipinski definition) is 4. The molecule has 1 N–H and O–H groups in total. The fraction of sp³-hybridized carbons (Fsp3) is 0.278. The van der Waals surface area contributed by atoms with E-state index in [-0.39, 0.29) is 10.7 Å². The van der Waals surface area contributed by atoms with Crippen LogP contribution >= 0.6 is 23.2 Å². The summed E-state index contributed by atoms with van der Waals surface area (Å²) in [7, 11) is -3.81. The third-order valence-corrected chi connectivity index (χ3v) is 5.43. The maximum absolute atomic E-state index is 12.7. The number of carbonyl (C=O) groups excluding carboxylic acids is 1. The van der Waals surface area contributed by atoms with Gasteiger partial charge in [0.25, 0.3) is 0 Å². The molecule has 0 aliphatic rings. The standard InChI is InChI=1S/C18H20Cl2N2O4S/c1-4-26-15-7-5-6-14(11-15)21-18(23)12(2)22(27(3,24)25)17-10-13(19)8-9-16(17)20/h5-12H,4H2,1-3H3,(H,21,23). The van der Waals surface area contributed by atoms with E-state index in [1.54, 1.807) is 24.3 Å². The second-order valence-electron chi connectivity index (χ2n) is 5.78. The molecule has 9 heteroatoms. The fourth-order valence-corrected chi connectivity index (χ4v) is 4.12. The Labute approximate surface area is 169 Å². The Morgan fingerprint density at radius 1 is 1.22 bits per heavy atom. The zero-order chi connectivity index (χ0) is 20.2. The van der Waals surface area contributed by atoms with Gasteiger partial charge >= 0.3 is 0 Å². The van der Waals surface area contributed by atoms with E-state index in [9.17, 15) is 13.2 Å². The monoisotopic (exact) mass is 430 g/mol. The number of amides is 1. The second kappa shape index (κ2) is 8.82. The van der Waals surface area contributed by atoms with E-state index in [4.69, 9.17) is 27.9 Å². The Morgan fingerprint density at radius 2 is 1.93 bits per heavy atom. The quantitative estimate of drug-likeness (QED) is 0.714. The summed E-state index contributed by atoms with van der Waals surface area (Å²) in [5.41, 5.74) is 0.626. The van der Waals surface area contributed by atoms with Crippen LogP contribution < -0.4 is 14.4 Å². The maximum Gasteiger partial charge on any atom is 0.247 e. The van der Waals surface area contributed by atoms with E-state index < -0.39 is 22.0 Å². The first-order chi connectivity index (χ1) is 12.6. The lowest BCUT2D eigenvalue weighted by molar-refractivity contribution is -0.116. The number of carbonyl (C=O) groups is 1. The van der Waals surface area contributed by atoms with Crippen LogP contribution in [0.4, 0.5) is 11.4 Å². The Bertz CT molecular complexity index is 935. The van der Waals surface area contributed by atoms with Crippen LogP contribution in [0.3, 0.4) is 0 Å². The van der Waals surface area contributed by atoms with Crippen molar-refractivity contribution in [1.82, 2.24) is 0 Å². The van der Waals surface area contributed by atoms with E-state index >= 15 is 0 Å². The summed E-state index contributed by atoms with van der Waals surface area (Å²) < 4.78 is 31.1. The second-order valence-corrected chi connectivity index (χ2v) is 8.48. The third-order valence-electron chi connectivity index (χ3n) is 3.65. The van der Waals surface area contributed by atoms with Gasteiger partial charge in [-0.2, -0.15) is 0 Å². The molecule has 0 aliphatic heterocycles. The van der Waals surface area contributed by atoms with Gasteiger partial charge in [-0.25, -0.2) is 8.42 Å². The first-order valence-corrected chi connectivity index (χ1v) is 10.7. The number of ether oxygens (including phenoxy) is 1. The molecule has 0 aliphatic carbocycles. The smallest absolute Gasteiger partial charge is 0.247 e. The lowest BCUT2D eigenvalue weighted by atomic mass is 10.2. The molecule has 0 bridgehead atoms. The minimum Gasteiger partial charge on any atom is -0.494 e. The van der Waals surface area contributed by atoms with E-state index in [0.29, 0.717) is 23.1 Å². The van der Waals surface area contributed by atoms with E-state index in [2.05, 4.69) is 5.32 Å². The van der Waals surface area contributed by atoms with Gasteiger partial charge in [0.15, 0.2) is 0 Å². The van der Waals surface area contributed by atoms with Gasteiger partial charge in [-0.15, -0.1) is 0 Å².